The lowest BCUT2D eigenvalue weighted by Crippen LogP contribution is -2.60. The molecule has 1 saturated heterocycles. The van der Waals surface area contributed by atoms with E-state index in [1.807, 2.05) is 4.98 Å². The predicted octanol–water partition coefficient (Wildman–Crippen LogP) is -1.64. The van der Waals surface area contributed by atoms with Crippen LogP contribution in [0.1, 0.15) is 5.56 Å². The van der Waals surface area contributed by atoms with Crippen molar-refractivity contribution in [2.75, 3.05) is 0 Å². The number of rotatable bonds is 4. The van der Waals surface area contributed by atoms with Crippen LogP contribution in [0, 0.1) is 10.5 Å². The van der Waals surface area contributed by atoms with E-state index in [1.54, 1.807) is 18.2 Å². The number of alkyl halides is 1. The standard InChI is InChI=1S/C16H18B3F2N2O8PS/c17-15(23-5-8(20)12(33)22-13(23)26)11(25)10(24)14(21,30-15)16(18,19)31-32(27)28-6-7-3-1-2-4-9(7)29-32/h1-5,10-11,24-25H,6,17-19H2,(H,22,26,33)/t10-,11+,14-,15-,32?/m0/s1. The van der Waals surface area contributed by atoms with Crippen molar-refractivity contribution in [1.82, 2.24) is 9.55 Å². The molecule has 17 heteroatoms. The molecular weight excluding hydrogens is 482 g/mol. The zero-order valence-corrected chi connectivity index (χ0v) is 19.4. The molecule has 0 spiro atoms. The van der Waals surface area contributed by atoms with Crippen molar-refractivity contribution in [1.29, 1.82) is 0 Å². The predicted molar refractivity (Wildman–Crippen MR) is 120 cm³/mol. The van der Waals surface area contributed by atoms with Gasteiger partial charge in [0.2, 0.25) is 0 Å². The lowest BCUT2D eigenvalue weighted by molar-refractivity contribution is -0.240. The lowest BCUT2D eigenvalue weighted by atomic mass is 9.59. The summed E-state index contributed by atoms with van der Waals surface area (Å²) in [5.41, 5.74) is -2.74. The molecule has 0 radical (unpaired) electrons. The molecule has 33 heavy (non-hydrogen) atoms. The van der Waals surface area contributed by atoms with E-state index in [9.17, 15) is 24.0 Å². The van der Waals surface area contributed by atoms with Crippen molar-refractivity contribution in [3.05, 3.63) is 57.0 Å². The molecular formula is C16H18B3F2N2O8PS. The molecule has 3 N–H and O–H groups in total. The largest absolute Gasteiger partial charge is 0.529 e. The minimum absolute atomic E-state index is 0.148. The fourth-order valence-electron chi connectivity index (χ4n) is 3.76. The number of aromatic amines is 1. The number of phosphoric acid groups is 1. The SMILES string of the molecule is BC(B)(OP1(=O)OCc2ccccc2O1)[C@@]1(F)O[C@@](B)(n2cc(F)c(=S)[nH]c2=O)[C@H](O)[C@@H]1O. The number of ether oxygens (including phenoxy) is 1. The van der Waals surface area contributed by atoms with Gasteiger partial charge in [0.15, 0.2) is 13.7 Å². The maximum absolute atomic E-state index is 16.2. The molecule has 0 amide bonds. The second-order valence-corrected chi connectivity index (χ2v) is 10.2. The maximum atomic E-state index is 16.2. The van der Waals surface area contributed by atoms with Crippen LogP contribution in [-0.4, -0.2) is 66.8 Å². The molecule has 4 rings (SSSR count). The third kappa shape index (κ3) is 3.83. The molecule has 1 unspecified atom stereocenters. The van der Waals surface area contributed by atoms with Gasteiger partial charge in [-0.3, -0.25) is 18.6 Å². The summed E-state index contributed by atoms with van der Waals surface area (Å²) in [4.78, 5) is 14.4. The van der Waals surface area contributed by atoms with Crippen molar-refractivity contribution in [3.63, 3.8) is 0 Å². The third-order valence-corrected chi connectivity index (χ3v) is 7.53. The van der Waals surface area contributed by atoms with Gasteiger partial charge in [-0.25, -0.2) is 18.1 Å². The number of H-pyrrole nitrogens is 1. The van der Waals surface area contributed by atoms with Crippen LogP contribution in [0.25, 0.3) is 0 Å². The number of hydrogen-bond donors (Lipinski definition) is 3. The average Bonchev–Trinajstić information content (AvgIpc) is 2.91. The number of aliphatic hydroxyl groups is 2. The van der Waals surface area contributed by atoms with Gasteiger partial charge in [0.05, 0.1) is 12.0 Å². The van der Waals surface area contributed by atoms with Gasteiger partial charge in [-0.05, 0) is 6.07 Å². The first-order valence-electron chi connectivity index (χ1n) is 9.72. The quantitative estimate of drug-likeness (QED) is 0.257. The van der Waals surface area contributed by atoms with E-state index in [2.05, 4.69) is 12.2 Å². The number of phosphoric ester groups is 1. The minimum Gasteiger partial charge on any atom is -0.404 e. The Bertz CT molecular complexity index is 1280. The van der Waals surface area contributed by atoms with Crippen molar-refractivity contribution < 1.29 is 41.9 Å². The van der Waals surface area contributed by atoms with E-state index in [1.165, 1.54) is 6.07 Å². The Hall–Kier alpha value is -1.80. The first-order valence-corrected chi connectivity index (χ1v) is 11.6. The summed E-state index contributed by atoms with van der Waals surface area (Å²) < 4.78 is 64.7. The van der Waals surface area contributed by atoms with Gasteiger partial charge >= 0.3 is 13.5 Å². The van der Waals surface area contributed by atoms with Crippen molar-refractivity contribution in [3.8, 4) is 5.75 Å². The Labute approximate surface area is 193 Å². The molecule has 2 aliphatic rings. The molecule has 1 fully saturated rings. The number of halogens is 2. The van der Waals surface area contributed by atoms with E-state index in [4.69, 9.17) is 18.3 Å². The molecule has 3 heterocycles. The van der Waals surface area contributed by atoms with Crippen LogP contribution in [0.3, 0.4) is 0 Å². The molecule has 1 aromatic carbocycles. The van der Waals surface area contributed by atoms with Gasteiger partial charge in [-0.2, -0.15) is 0 Å². The number of benzene rings is 1. The molecule has 0 bridgehead atoms. The normalized spacial score (nSPS) is 33.9. The summed E-state index contributed by atoms with van der Waals surface area (Å²) >= 11 is 4.65. The van der Waals surface area contributed by atoms with Crippen molar-refractivity contribution >= 4 is 43.6 Å². The molecule has 0 aliphatic carbocycles. The van der Waals surface area contributed by atoms with E-state index >= 15 is 4.39 Å². The molecule has 10 nitrogen and oxygen atoms in total. The van der Waals surface area contributed by atoms with Crippen molar-refractivity contribution in [2.24, 2.45) is 0 Å². The Morgan fingerprint density at radius 3 is 2.70 bits per heavy atom. The molecule has 2 aromatic rings. The van der Waals surface area contributed by atoms with Gasteiger partial charge in [-0.15, -0.1) is 0 Å². The summed E-state index contributed by atoms with van der Waals surface area (Å²) in [6.45, 7) is -0.148. The molecule has 1 aromatic heterocycles. The fourth-order valence-corrected chi connectivity index (χ4v) is 5.44. The smallest absolute Gasteiger partial charge is 0.404 e. The highest BCUT2D eigenvalue weighted by molar-refractivity contribution is 7.71. The van der Waals surface area contributed by atoms with E-state index in [0.29, 0.717) is 16.3 Å². The first-order chi connectivity index (χ1) is 15.2. The number of nitrogens with one attached hydrogen (secondary N) is 1. The Kier molecular flexibility index (Phi) is 5.81. The lowest BCUT2D eigenvalue weighted by Gasteiger charge is -2.41. The van der Waals surface area contributed by atoms with Crippen LogP contribution >= 0.6 is 20.0 Å². The van der Waals surface area contributed by atoms with Crippen LogP contribution in [0.15, 0.2) is 35.3 Å². The zero-order valence-electron chi connectivity index (χ0n) is 17.7. The molecule has 2 aliphatic heterocycles. The topological polar surface area (TPSA) is 132 Å². The van der Waals surface area contributed by atoms with Gasteiger partial charge in [0.1, 0.15) is 43.9 Å². The Balaban J connectivity index is 1.68. The summed E-state index contributed by atoms with van der Waals surface area (Å²) in [5.74, 6) is -4.10. The number of para-hydroxylation sites is 1. The first kappa shape index (κ1) is 24.3. The Morgan fingerprint density at radius 1 is 1.33 bits per heavy atom. The highest BCUT2D eigenvalue weighted by Gasteiger charge is 2.69. The fraction of sp³-hybridized carbons (Fsp3) is 0.375. The van der Waals surface area contributed by atoms with Crippen LogP contribution < -0.4 is 10.2 Å². The third-order valence-electron chi connectivity index (χ3n) is 5.68. The summed E-state index contributed by atoms with van der Waals surface area (Å²) in [7, 11) is -1.18. The van der Waals surface area contributed by atoms with Crippen LogP contribution in [-0.2, 0) is 30.6 Å². The number of nitrogens with zero attached hydrogens (tertiary/aromatic N) is 1. The molecule has 5 atom stereocenters. The maximum Gasteiger partial charge on any atom is 0.529 e. The number of aliphatic hydroxyl groups excluding tert-OH is 2. The molecule has 0 saturated carbocycles. The zero-order chi connectivity index (χ0) is 24.4. The van der Waals surface area contributed by atoms with E-state index < -0.39 is 53.1 Å². The second kappa shape index (κ2) is 7.87. The van der Waals surface area contributed by atoms with E-state index in [0.717, 1.165) is 23.5 Å². The van der Waals surface area contributed by atoms with Crippen LogP contribution in [0.4, 0.5) is 8.78 Å². The minimum atomic E-state index is -4.41. The van der Waals surface area contributed by atoms with Crippen LogP contribution in [0.2, 0.25) is 0 Å². The number of fused-ring (bicyclic) bond motifs is 1. The van der Waals surface area contributed by atoms with Gasteiger partial charge in [0.25, 0.3) is 5.85 Å². The van der Waals surface area contributed by atoms with Gasteiger partial charge in [0, 0.05) is 11.8 Å². The summed E-state index contributed by atoms with van der Waals surface area (Å²) in [5, 5.41) is 19.0. The monoisotopic (exact) mass is 500 g/mol. The van der Waals surface area contributed by atoms with Crippen LogP contribution in [0.5, 0.6) is 5.75 Å². The number of aromatic nitrogens is 2. The average molecular weight is 500 g/mol. The highest BCUT2D eigenvalue weighted by atomic mass is 32.1. The van der Waals surface area contributed by atoms with Gasteiger partial charge < -0.3 is 19.5 Å². The Morgan fingerprint density at radius 2 is 2.00 bits per heavy atom. The summed E-state index contributed by atoms with van der Waals surface area (Å²) in [6.07, 6.45) is -3.79. The second-order valence-electron chi connectivity index (χ2n) is 8.32. The van der Waals surface area contributed by atoms with Gasteiger partial charge in [-0.1, -0.05) is 30.4 Å². The van der Waals surface area contributed by atoms with Crippen molar-refractivity contribution in [2.45, 2.75) is 35.7 Å². The molecule has 174 valence electrons. The summed E-state index contributed by atoms with van der Waals surface area (Å²) in [6, 6.07) is 6.54. The highest BCUT2D eigenvalue weighted by Crippen LogP contribution is 2.59. The van der Waals surface area contributed by atoms with E-state index in [-0.39, 0.29) is 12.4 Å². The number of hydrogen-bond acceptors (Lipinski definition) is 9.